The third kappa shape index (κ3) is 4.60. The molecule has 3 rings (SSSR count). The molecule has 10 heteroatoms. The van der Waals surface area contributed by atoms with Gasteiger partial charge in [0.25, 0.3) is 0 Å². The minimum absolute atomic E-state index is 0.253. The number of piperazine rings is 1. The van der Waals surface area contributed by atoms with Crippen molar-refractivity contribution in [1.82, 2.24) is 10.2 Å². The van der Waals surface area contributed by atoms with Crippen molar-refractivity contribution in [3.63, 3.8) is 0 Å². The standard InChI is InChI=1S/C17H20FN7O2/c18-15-12(11-27-17(26)22-16(19)20)3-1-4-13(15)24-7-9-25(10-8-24)14-5-2-6-21-23-14/h1-6H,7-11H2,(H4,19,20,22,26). The van der Waals surface area contributed by atoms with E-state index in [1.54, 1.807) is 24.4 Å². The summed E-state index contributed by atoms with van der Waals surface area (Å²) in [6.45, 7) is 2.40. The SMILES string of the molecule is NC(N)=NC(=O)OCc1cccc(N2CCN(c3cccnn3)CC2)c1F. The molecule has 1 fully saturated rings. The lowest BCUT2D eigenvalue weighted by Gasteiger charge is -2.36. The van der Waals surface area contributed by atoms with Gasteiger partial charge in [-0.25, -0.2) is 9.18 Å². The lowest BCUT2D eigenvalue weighted by molar-refractivity contribution is 0.149. The topological polar surface area (TPSA) is 123 Å². The third-order valence-corrected chi connectivity index (χ3v) is 4.13. The molecule has 1 aliphatic heterocycles. The van der Waals surface area contributed by atoms with Gasteiger partial charge in [-0.2, -0.15) is 5.10 Å². The smallest absolute Gasteiger partial charge is 0.437 e. The summed E-state index contributed by atoms with van der Waals surface area (Å²) in [5, 5.41) is 7.98. The number of ether oxygens (including phenoxy) is 1. The third-order valence-electron chi connectivity index (χ3n) is 4.13. The number of halogens is 1. The zero-order chi connectivity index (χ0) is 19.2. The minimum atomic E-state index is -0.961. The number of nitrogens with zero attached hydrogens (tertiary/aromatic N) is 5. The summed E-state index contributed by atoms with van der Waals surface area (Å²) in [7, 11) is 0. The number of carbonyl (C=O) groups excluding carboxylic acids is 1. The zero-order valence-electron chi connectivity index (χ0n) is 14.6. The van der Waals surface area contributed by atoms with E-state index in [-0.39, 0.29) is 12.2 Å². The van der Waals surface area contributed by atoms with Gasteiger partial charge in [0.15, 0.2) is 17.6 Å². The van der Waals surface area contributed by atoms with E-state index < -0.39 is 17.9 Å². The fourth-order valence-electron chi connectivity index (χ4n) is 2.84. The van der Waals surface area contributed by atoms with Crippen LogP contribution >= 0.6 is 0 Å². The summed E-state index contributed by atoms with van der Waals surface area (Å²) in [4.78, 5) is 18.7. The normalized spacial score (nSPS) is 14.0. The highest BCUT2D eigenvalue weighted by Crippen LogP contribution is 2.25. The van der Waals surface area contributed by atoms with Gasteiger partial charge in [0.05, 0.1) is 5.69 Å². The molecule has 0 bridgehead atoms. The first-order chi connectivity index (χ1) is 13.0. The Morgan fingerprint density at radius 3 is 2.56 bits per heavy atom. The van der Waals surface area contributed by atoms with Crippen LogP contribution < -0.4 is 21.3 Å². The van der Waals surface area contributed by atoms with Gasteiger partial charge in [-0.15, -0.1) is 10.1 Å². The number of aromatic nitrogens is 2. The maximum atomic E-state index is 14.8. The second kappa shape index (κ2) is 8.30. The first-order valence-corrected chi connectivity index (χ1v) is 8.36. The van der Waals surface area contributed by atoms with Crippen LogP contribution in [0.5, 0.6) is 0 Å². The average Bonchev–Trinajstić information content (AvgIpc) is 2.67. The lowest BCUT2D eigenvalue weighted by atomic mass is 10.1. The van der Waals surface area contributed by atoms with E-state index in [9.17, 15) is 9.18 Å². The molecule has 2 heterocycles. The molecular formula is C17H20FN7O2. The molecule has 27 heavy (non-hydrogen) atoms. The second-order valence-electron chi connectivity index (χ2n) is 5.90. The molecular weight excluding hydrogens is 353 g/mol. The van der Waals surface area contributed by atoms with Gasteiger partial charge in [0, 0.05) is 37.9 Å². The van der Waals surface area contributed by atoms with Crippen LogP contribution in [0, 0.1) is 5.82 Å². The van der Waals surface area contributed by atoms with Crippen LogP contribution in [0.25, 0.3) is 0 Å². The highest BCUT2D eigenvalue weighted by molar-refractivity contribution is 5.87. The van der Waals surface area contributed by atoms with E-state index >= 15 is 0 Å². The number of hydrogen-bond donors (Lipinski definition) is 2. The maximum Gasteiger partial charge on any atom is 0.437 e. The number of amides is 1. The Bertz CT molecular complexity index is 819. The molecule has 0 aliphatic carbocycles. The summed E-state index contributed by atoms with van der Waals surface area (Å²) >= 11 is 0. The van der Waals surface area contributed by atoms with Gasteiger partial charge in [0.2, 0.25) is 0 Å². The Morgan fingerprint density at radius 2 is 1.89 bits per heavy atom. The molecule has 142 valence electrons. The number of nitrogens with two attached hydrogens (primary N) is 2. The van der Waals surface area contributed by atoms with Crippen molar-refractivity contribution in [2.75, 3.05) is 36.0 Å². The summed E-state index contributed by atoms with van der Waals surface area (Å²) in [6.07, 6.45) is 0.665. The van der Waals surface area contributed by atoms with E-state index in [1.807, 2.05) is 17.0 Å². The van der Waals surface area contributed by atoms with E-state index in [4.69, 9.17) is 16.2 Å². The fourth-order valence-corrected chi connectivity index (χ4v) is 2.84. The molecule has 0 saturated carbocycles. The largest absolute Gasteiger partial charge is 0.443 e. The number of guanidine groups is 1. The number of benzene rings is 1. The predicted octanol–water partition coefficient (Wildman–Crippen LogP) is 0.852. The van der Waals surface area contributed by atoms with Crippen LogP contribution in [0.3, 0.4) is 0 Å². The quantitative estimate of drug-likeness (QED) is 0.597. The Labute approximate surface area is 155 Å². The summed E-state index contributed by atoms with van der Waals surface area (Å²) < 4.78 is 19.7. The Kier molecular flexibility index (Phi) is 5.64. The number of rotatable bonds is 4. The van der Waals surface area contributed by atoms with Gasteiger partial charge in [-0.1, -0.05) is 12.1 Å². The molecule has 1 aromatic heterocycles. The molecule has 9 nitrogen and oxygen atoms in total. The Balaban J connectivity index is 1.64. The van der Waals surface area contributed by atoms with Crippen molar-refractivity contribution in [1.29, 1.82) is 0 Å². The lowest BCUT2D eigenvalue weighted by Crippen LogP contribution is -2.47. The summed E-state index contributed by atoms with van der Waals surface area (Å²) in [6, 6.07) is 8.71. The van der Waals surface area contributed by atoms with Crippen LogP contribution in [0.1, 0.15) is 5.56 Å². The van der Waals surface area contributed by atoms with Gasteiger partial charge in [-0.3, -0.25) is 0 Å². The molecule has 0 radical (unpaired) electrons. The van der Waals surface area contributed by atoms with Crippen LogP contribution in [0.4, 0.5) is 20.7 Å². The molecule has 0 unspecified atom stereocenters. The second-order valence-corrected chi connectivity index (χ2v) is 5.90. The highest BCUT2D eigenvalue weighted by atomic mass is 19.1. The van der Waals surface area contributed by atoms with E-state index in [0.29, 0.717) is 31.9 Å². The number of aliphatic imine (C=N–C) groups is 1. The predicted molar refractivity (Wildman–Crippen MR) is 98.9 cm³/mol. The molecule has 1 saturated heterocycles. The van der Waals surface area contributed by atoms with E-state index in [0.717, 1.165) is 5.82 Å². The van der Waals surface area contributed by atoms with Crippen molar-refractivity contribution in [3.8, 4) is 0 Å². The zero-order valence-corrected chi connectivity index (χ0v) is 14.6. The molecule has 1 aliphatic rings. The molecule has 2 aromatic rings. The average molecular weight is 373 g/mol. The maximum absolute atomic E-state index is 14.8. The van der Waals surface area contributed by atoms with Gasteiger partial charge < -0.3 is 26.0 Å². The van der Waals surface area contributed by atoms with Gasteiger partial charge >= 0.3 is 6.09 Å². The van der Waals surface area contributed by atoms with Crippen LogP contribution in [0.15, 0.2) is 41.5 Å². The molecule has 0 spiro atoms. The molecule has 1 amide bonds. The first kappa shape index (κ1) is 18.4. The fraction of sp³-hybridized carbons (Fsp3) is 0.294. The molecule has 1 aromatic carbocycles. The number of carbonyl (C=O) groups is 1. The molecule has 4 N–H and O–H groups in total. The van der Waals surface area contributed by atoms with Crippen molar-refractivity contribution in [2.24, 2.45) is 16.5 Å². The van der Waals surface area contributed by atoms with Crippen molar-refractivity contribution in [3.05, 3.63) is 47.9 Å². The van der Waals surface area contributed by atoms with Crippen molar-refractivity contribution in [2.45, 2.75) is 6.61 Å². The van der Waals surface area contributed by atoms with Crippen LogP contribution in [-0.2, 0) is 11.3 Å². The van der Waals surface area contributed by atoms with Crippen molar-refractivity contribution < 1.29 is 13.9 Å². The summed E-state index contributed by atoms with van der Waals surface area (Å²) in [5.41, 5.74) is 10.9. The van der Waals surface area contributed by atoms with Crippen molar-refractivity contribution >= 4 is 23.6 Å². The van der Waals surface area contributed by atoms with E-state index in [2.05, 4.69) is 20.1 Å². The van der Waals surface area contributed by atoms with Crippen LogP contribution in [0.2, 0.25) is 0 Å². The van der Waals surface area contributed by atoms with Gasteiger partial charge in [-0.05, 0) is 18.2 Å². The number of hydrogen-bond acceptors (Lipinski definition) is 6. The van der Waals surface area contributed by atoms with Gasteiger partial charge in [0.1, 0.15) is 6.61 Å². The minimum Gasteiger partial charge on any atom is -0.443 e. The summed E-state index contributed by atoms with van der Waals surface area (Å²) in [5.74, 6) is -0.0313. The molecule has 0 atom stereocenters. The first-order valence-electron chi connectivity index (χ1n) is 8.36. The Hall–Kier alpha value is -3.43. The Morgan fingerprint density at radius 1 is 1.15 bits per heavy atom. The highest BCUT2D eigenvalue weighted by Gasteiger charge is 2.22. The van der Waals surface area contributed by atoms with Crippen LogP contribution in [-0.4, -0.2) is 48.4 Å². The van der Waals surface area contributed by atoms with E-state index in [1.165, 1.54) is 0 Å². The monoisotopic (exact) mass is 373 g/mol. The number of anilines is 2.